The van der Waals surface area contributed by atoms with Crippen LogP contribution in [0.25, 0.3) is 11.1 Å². The summed E-state index contributed by atoms with van der Waals surface area (Å²) in [6.45, 7) is 4.98. The van der Waals surface area contributed by atoms with Crippen molar-refractivity contribution in [2.75, 3.05) is 25.0 Å². The Bertz CT molecular complexity index is 578. The van der Waals surface area contributed by atoms with Gasteiger partial charge in [-0.1, -0.05) is 0 Å². The number of anilines is 1. The Labute approximate surface area is 125 Å². The Kier molecular flexibility index (Phi) is 4.40. The maximum absolute atomic E-state index is 4.78. The first-order chi connectivity index (χ1) is 10.4. The number of rotatable bonds is 4. The minimum absolute atomic E-state index is 0.447. The van der Waals surface area contributed by atoms with Gasteiger partial charge >= 0.3 is 0 Å². The van der Waals surface area contributed by atoms with Crippen molar-refractivity contribution in [2.24, 2.45) is 0 Å². The van der Waals surface area contributed by atoms with Crippen LogP contribution >= 0.6 is 0 Å². The van der Waals surface area contributed by atoms with Crippen molar-refractivity contribution in [3.05, 3.63) is 36.4 Å². The lowest BCUT2D eigenvalue weighted by molar-refractivity contribution is 0.455. The molecule has 0 unspecified atom stereocenters. The van der Waals surface area contributed by atoms with E-state index in [1.165, 1.54) is 12.8 Å². The topological polar surface area (TPSA) is 62.7 Å². The third-order valence-corrected chi connectivity index (χ3v) is 3.83. The molecule has 110 valence electrons. The van der Waals surface area contributed by atoms with Gasteiger partial charge in [-0.2, -0.15) is 0 Å². The molecule has 0 bridgehead atoms. The molecule has 2 aromatic rings. The predicted octanol–water partition coefficient (Wildman–Crippen LogP) is 2.44. The summed E-state index contributed by atoms with van der Waals surface area (Å²) in [6.07, 6.45) is 7.94. The molecule has 2 N–H and O–H groups in total. The smallest absolute Gasteiger partial charge is 0.222 e. The normalized spacial score (nSPS) is 18.4. The fourth-order valence-corrected chi connectivity index (χ4v) is 2.79. The minimum atomic E-state index is 0.447. The van der Waals surface area contributed by atoms with Crippen LogP contribution in [-0.2, 0) is 0 Å². The van der Waals surface area contributed by atoms with Crippen LogP contribution in [-0.4, -0.2) is 34.6 Å². The highest BCUT2D eigenvalue weighted by Gasteiger charge is 2.21. The van der Waals surface area contributed by atoms with Gasteiger partial charge in [-0.05, 0) is 44.0 Å². The van der Waals surface area contributed by atoms with Crippen molar-refractivity contribution in [3.63, 3.8) is 0 Å². The van der Waals surface area contributed by atoms with Crippen molar-refractivity contribution in [2.45, 2.75) is 25.7 Å². The first-order valence-corrected chi connectivity index (χ1v) is 7.60. The molecule has 5 nitrogen and oxygen atoms in total. The van der Waals surface area contributed by atoms with Crippen molar-refractivity contribution in [1.29, 1.82) is 0 Å². The zero-order valence-electron chi connectivity index (χ0n) is 12.3. The number of aromatic nitrogens is 3. The second kappa shape index (κ2) is 6.63. The van der Waals surface area contributed by atoms with Crippen LogP contribution in [0.5, 0.6) is 0 Å². The number of nitrogens with one attached hydrogen (secondary N) is 2. The summed E-state index contributed by atoms with van der Waals surface area (Å²) in [4.78, 5) is 13.3. The Balaban J connectivity index is 2.01. The molecule has 1 aliphatic rings. The highest BCUT2D eigenvalue weighted by atomic mass is 15.1. The average molecular weight is 283 g/mol. The predicted molar refractivity (Wildman–Crippen MR) is 84.3 cm³/mol. The molecular formula is C16H21N5. The molecule has 0 amide bonds. The highest BCUT2D eigenvalue weighted by molar-refractivity contribution is 5.66. The van der Waals surface area contributed by atoms with Crippen LogP contribution in [0.3, 0.4) is 0 Å². The molecule has 0 spiro atoms. The second-order valence-electron chi connectivity index (χ2n) is 5.30. The van der Waals surface area contributed by atoms with E-state index in [0.717, 1.165) is 42.4 Å². The minimum Gasteiger partial charge on any atom is -0.354 e. The van der Waals surface area contributed by atoms with E-state index in [9.17, 15) is 0 Å². The average Bonchev–Trinajstić information content (AvgIpc) is 2.57. The SMILES string of the molecule is CCNc1ncc(-c2ccncc2)c([C@H]2CCCNC2)n1. The lowest BCUT2D eigenvalue weighted by Gasteiger charge is -2.24. The maximum Gasteiger partial charge on any atom is 0.222 e. The molecule has 0 radical (unpaired) electrons. The third kappa shape index (κ3) is 3.19. The van der Waals surface area contributed by atoms with Crippen LogP contribution in [0.4, 0.5) is 5.95 Å². The van der Waals surface area contributed by atoms with Gasteiger partial charge in [-0.3, -0.25) is 4.98 Å². The monoisotopic (exact) mass is 283 g/mol. The van der Waals surface area contributed by atoms with E-state index in [-0.39, 0.29) is 0 Å². The first-order valence-electron chi connectivity index (χ1n) is 7.60. The van der Waals surface area contributed by atoms with Crippen LogP contribution in [0.2, 0.25) is 0 Å². The van der Waals surface area contributed by atoms with E-state index in [0.29, 0.717) is 5.92 Å². The van der Waals surface area contributed by atoms with Gasteiger partial charge in [-0.25, -0.2) is 9.97 Å². The summed E-state index contributed by atoms with van der Waals surface area (Å²) in [5.74, 6) is 1.17. The Morgan fingerprint density at radius 3 is 2.90 bits per heavy atom. The molecule has 1 saturated heterocycles. The molecule has 0 aliphatic carbocycles. The highest BCUT2D eigenvalue weighted by Crippen LogP contribution is 2.31. The van der Waals surface area contributed by atoms with E-state index < -0.39 is 0 Å². The number of pyridine rings is 1. The third-order valence-electron chi connectivity index (χ3n) is 3.83. The zero-order chi connectivity index (χ0) is 14.5. The quantitative estimate of drug-likeness (QED) is 0.902. The van der Waals surface area contributed by atoms with E-state index in [2.05, 4.69) is 27.5 Å². The number of hydrogen-bond acceptors (Lipinski definition) is 5. The van der Waals surface area contributed by atoms with Crippen LogP contribution in [0, 0.1) is 0 Å². The van der Waals surface area contributed by atoms with Crippen molar-refractivity contribution in [1.82, 2.24) is 20.3 Å². The fraction of sp³-hybridized carbons (Fsp3) is 0.438. The molecule has 1 aliphatic heterocycles. The molecule has 5 heteroatoms. The summed E-state index contributed by atoms with van der Waals surface area (Å²) in [5.41, 5.74) is 3.39. The molecule has 1 atom stereocenters. The Morgan fingerprint density at radius 2 is 2.19 bits per heavy atom. The van der Waals surface area contributed by atoms with Crippen molar-refractivity contribution < 1.29 is 0 Å². The Morgan fingerprint density at radius 1 is 1.33 bits per heavy atom. The van der Waals surface area contributed by atoms with E-state index in [1.807, 2.05) is 30.7 Å². The molecule has 3 rings (SSSR count). The zero-order valence-corrected chi connectivity index (χ0v) is 12.3. The Hall–Kier alpha value is -2.01. The number of hydrogen-bond donors (Lipinski definition) is 2. The van der Waals surface area contributed by atoms with Gasteiger partial charge in [0.2, 0.25) is 5.95 Å². The van der Waals surface area contributed by atoms with Crippen LogP contribution < -0.4 is 10.6 Å². The summed E-state index contributed by atoms with van der Waals surface area (Å²) < 4.78 is 0. The van der Waals surface area contributed by atoms with Gasteiger partial charge in [-0.15, -0.1) is 0 Å². The summed E-state index contributed by atoms with van der Waals surface area (Å²) in [7, 11) is 0. The van der Waals surface area contributed by atoms with E-state index >= 15 is 0 Å². The molecule has 0 saturated carbocycles. The van der Waals surface area contributed by atoms with Gasteiger partial charge in [0.05, 0.1) is 5.69 Å². The molecule has 21 heavy (non-hydrogen) atoms. The van der Waals surface area contributed by atoms with Gasteiger partial charge in [0, 0.05) is 43.2 Å². The number of nitrogens with zero attached hydrogens (tertiary/aromatic N) is 3. The van der Waals surface area contributed by atoms with Gasteiger partial charge in [0.25, 0.3) is 0 Å². The fourth-order valence-electron chi connectivity index (χ4n) is 2.79. The molecule has 2 aromatic heterocycles. The van der Waals surface area contributed by atoms with Gasteiger partial charge in [0.15, 0.2) is 0 Å². The second-order valence-corrected chi connectivity index (χ2v) is 5.30. The van der Waals surface area contributed by atoms with Gasteiger partial charge < -0.3 is 10.6 Å². The largest absolute Gasteiger partial charge is 0.354 e. The molecule has 3 heterocycles. The van der Waals surface area contributed by atoms with E-state index in [4.69, 9.17) is 4.98 Å². The molecule has 0 aromatic carbocycles. The van der Waals surface area contributed by atoms with Crippen molar-refractivity contribution >= 4 is 5.95 Å². The molecule has 1 fully saturated rings. The standard InChI is InChI=1S/C16H21N5/c1-2-19-16-20-11-14(12-5-8-17-9-6-12)15(21-16)13-4-3-7-18-10-13/h5-6,8-9,11,13,18H,2-4,7,10H2,1H3,(H,19,20,21)/t13-/m0/s1. The molecular weight excluding hydrogens is 262 g/mol. The number of piperidine rings is 1. The maximum atomic E-state index is 4.78. The first kappa shape index (κ1) is 13.9. The lowest BCUT2D eigenvalue weighted by Crippen LogP contribution is -2.29. The van der Waals surface area contributed by atoms with Crippen LogP contribution in [0.1, 0.15) is 31.4 Å². The van der Waals surface area contributed by atoms with Crippen LogP contribution in [0.15, 0.2) is 30.7 Å². The van der Waals surface area contributed by atoms with E-state index in [1.54, 1.807) is 0 Å². The summed E-state index contributed by atoms with van der Waals surface area (Å²) in [5, 5.41) is 6.68. The van der Waals surface area contributed by atoms with Crippen molar-refractivity contribution in [3.8, 4) is 11.1 Å². The summed E-state index contributed by atoms with van der Waals surface area (Å²) in [6, 6.07) is 4.04. The lowest BCUT2D eigenvalue weighted by atomic mass is 9.91. The van der Waals surface area contributed by atoms with Gasteiger partial charge in [0.1, 0.15) is 0 Å². The summed E-state index contributed by atoms with van der Waals surface area (Å²) >= 11 is 0.